The molecular weight excluding hydrogens is 232 g/mol. The van der Waals surface area contributed by atoms with Crippen LogP contribution in [0.25, 0.3) is 0 Å². The Balaban J connectivity index is 2.77. The molecule has 0 aliphatic heterocycles. The first-order chi connectivity index (χ1) is 8.42. The van der Waals surface area contributed by atoms with Crippen LogP contribution in [0.2, 0.25) is 0 Å². The second-order valence-electron chi connectivity index (χ2n) is 4.90. The lowest BCUT2D eigenvalue weighted by atomic mass is 10.0. The smallest absolute Gasteiger partial charge is 0.251 e. The van der Waals surface area contributed by atoms with E-state index in [1.165, 1.54) is 6.07 Å². The van der Waals surface area contributed by atoms with Gasteiger partial charge in [-0.15, -0.1) is 0 Å². The van der Waals surface area contributed by atoms with Crippen molar-refractivity contribution in [3.8, 4) is 0 Å². The molecule has 1 aromatic heterocycles. The predicted molar refractivity (Wildman–Crippen MR) is 69.6 cm³/mol. The van der Waals surface area contributed by atoms with Crippen molar-refractivity contribution in [3.05, 3.63) is 33.7 Å². The largest absolute Gasteiger partial charge is 0.394 e. The SMILES string of the molecule is Cc1cc(C(=O)NC(CO)CC(C)C)cc(=O)[nH]1. The maximum Gasteiger partial charge on any atom is 0.251 e. The summed E-state index contributed by atoms with van der Waals surface area (Å²) in [6, 6.07) is 2.59. The normalized spacial score (nSPS) is 12.5. The van der Waals surface area contributed by atoms with Gasteiger partial charge >= 0.3 is 0 Å². The second kappa shape index (κ2) is 6.35. The molecule has 5 heteroatoms. The van der Waals surface area contributed by atoms with Crippen LogP contribution < -0.4 is 10.9 Å². The fourth-order valence-electron chi connectivity index (χ4n) is 1.83. The average molecular weight is 252 g/mol. The second-order valence-corrected chi connectivity index (χ2v) is 4.90. The van der Waals surface area contributed by atoms with Gasteiger partial charge in [-0.25, -0.2) is 0 Å². The molecule has 1 unspecified atom stereocenters. The molecule has 1 atom stereocenters. The van der Waals surface area contributed by atoms with E-state index in [9.17, 15) is 14.7 Å². The molecule has 0 saturated carbocycles. The topological polar surface area (TPSA) is 82.2 Å². The molecule has 100 valence electrons. The molecule has 1 heterocycles. The van der Waals surface area contributed by atoms with Crippen molar-refractivity contribution in [2.45, 2.75) is 33.2 Å². The van der Waals surface area contributed by atoms with Crippen molar-refractivity contribution in [2.75, 3.05) is 6.61 Å². The van der Waals surface area contributed by atoms with Crippen LogP contribution in [-0.2, 0) is 0 Å². The van der Waals surface area contributed by atoms with Crippen molar-refractivity contribution in [2.24, 2.45) is 5.92 Å². The zero-order valence-electron chi connectivity index (χ0n) is 11.0. The van der Waals surface area contributed by atoms with E-state index in [2.05, 4.69) is 10.3 Å². The first-order valence-electron chi connectivity index (χ1n) is 6.05. The van der Waals surface area contributed by atoms with Gasteiger partial charge in [0.15, 0.2) is 0 Å². The van der Waals surface area contributed by atoms with Crippen molar-refractivity contribution in [1.29, 1.82) is 0 Å². The van der Waals surface area contributed by atoms with Crippen LogP contribution in [0, 0.1) is 12.8 Å². The zero-order chi connectivity index (χ0) is 13.7. The molecule has 0 fully saturated rings. The van der Waals surface area contributed by atoms with Gasteiger partial charge in [0.25, 0.3) is 5.91 Å². The highest BCUT2D eigenvalue weighted by Crippen LogP contribution is 2.05. The Morgan fingerprint density at radius 2 is 2.11 bits per heavy atom. The van der Waals surface area contributed by atoms with Crippen molar-refractivity contribution >= 4 is 5.91 Å². The van der Waals surface area contributed by atoms with Crippen molar-refractivity contribution in [3.63, 3.8) is 0 Å². The Bertz CT molecular complexity index is 466. The molecule has 0 aromatic carbocycles. The van der Waals surface area contributed by atoms with Gasteiger partial charge in [0.1, 0.15) is 0 Å². The van der Waals surface area contributed by atoms with Gasteiger partial charge in [-0.3, -0.25) is 9.59 Å². The highest BCUT2D eigenvalue weighted by molar-refractivity contribution is 5.94. The minimum atomic E-state index is -0.330. The number of carbonyl (C=O) groups excluding carboxylic acids is 1. The Kier molecular flexibility index (Phi) is 5.09. The van der Waals surface area contributed by atoms with Gasteiger partial charge in [-0.1, -0.05) is 13.8 Å². The molecule has 18 heavy (non-hydrogen) atoms. The van der Waals surface area contributed by atoms with E-state index in [0.29, 0.717) is 23.6 Å². The van der Waals surface area contributed by atoms with Gasteiger partial charge in [0.05, 0.1) is 12.6 Å². The van der Waals surface area contributed by atoms with Gasteiger partial charge in [0.2, 0.25) is 5.56 Å². The summed E-state index contributed by atoms with van der Waals surface area (Å²) in [4.78, 5) is 25.8. The minimum absolute atomic E-state index is 0.105. The third kappa shape index (κ3) is 4.33. The summed E-state index contributed by atoms with van der Waals surface area (Å²) in [7, 11) is 0. The number of aliphatic hydroxyl groups is 1. The zero-order valence-corrected chi connectivity index (χ0v) is 11.0. The van der Waals surface area contributed by atoms with Crippen LogP contribution in [0.15, 0.2) is 16.9 Å². The number of H-pyrrole nitrogens is 1. The number of hydrogen-bond donors (Lipinski definition) is 3. The molecule has 0 aliphatic rings. The first kappa shape index (κ1) is 14.4. The Morgan fingerprint density at radius 3 is 2.61 bits per heavy atom. The molecule has 0 radical (unpaired) electrons. The van der Waals surface area contributed by atoms with E-state index < -0.39 is 0 Å². The summed E-state index contributed by atoms with van der Waals surface area (Å²) in [5, 5.41) is 11.9. The Hall–Kier alpha value is -1.62. The van der Waals surface area contributed by atoms with Crippen LogP contribution in [0.3, 0.4) is 0 Å². The number of aliphatic hydroxyl groups excluding tert-OH is 1. The van der Waals surface area contributed by atoms with E-state index in [0.717, 1.165) is 0 Å². The Labute approximate surface area is 106 Å². The highest BCUT2D eigenvalue weighted by Gasteiger charge is 2.14. The van der Waals surface area contributed by atoms with Gasteiger partial charge in [0, 0.05) is 17.3 Å². The summed E-state index contributed by atoms with van der Waals surface area (Å²) in [6.45, 7) is 5.65. The predicted octanol–water partition coefficient (Wildman–Crippen LogP) is 0.820. The lowest BCUT2D eigenvalue weighted by molar-refractivity contribution is 0.0908. The van der Waals surface area contributed by atoms with Gasteiger partial charge in [-0.05, 0) is 25.3 Å². The van der Waals surface area contributed by atoms with E-state index in [4.69, 9.17) is 0 Å². The Morgan fingerprint density at radius 1 is 1.44 bits per heavy atom. The fraction of sp³-hybridized carbons (Fsp3) is 0.538. The van der Waals surface area contributed by atoms with Crippen LogP contribution in [-0.4, -0.2) is 28.6 Å². The van der Waals surface area contributed by atoms with Gasteiger partial charge in [-0.2, -0.15) is 0 Å². The number of nitrogens with one attached hydrogen (secondary N) is 2. The number of aromatic amines is 1. The summed E-state index contributed by atoms with van der Waals surface area (Å²) in [6.07, 6.45) is 0.699. The van der Waals surface area contributed by atoms with E-state index in [-0.39, 0.29) is 24.1 Å². The maximum absolute atomic E-state index is 11.9. The quantitative estimate of drug-likeness (QED) is 0.725. The number of hydrogen-bond acceptors (Lipinski definition) is 3. The van der Waals surface area contributed by atoms with Crippen molar-refractivity contribution in [1.82, 2.24) is 10.3 Å². The molecule has 1 rings (SSSR count). The van der Waals surface area contributed by atoms with E-state index in [1.807, 2.05) is 13.8 Å². The van der Waals surface area contributed by atoms with Crippen LogP contribution >= 0.6 is 0 Å². The first-order valence-corrected chi connectivity index (χ1v) is 6.05. The highest BCUT2D eigenvalue weighted by atomic mass is 16.3. The lowest BCUT2D eigenvalue weighted by Crippen LogP contribution is -2.38. The van der Waals surface area contributed by atoms with Gasteiger partial charge < -0.3 is 15.4 Å². The summed E-state index contributed by atoms with van der Waals surface area (Å²) >= 11 is 0. The maximum atomic E-state index is 11.9. The minimum Gasteiger partial charge on any atom is -0.394 e. The fourth-order valence-corrected chi connectivity index (χ4v) is 1.83. The van der Waals surface area contributed by atoms with E-state index >= 15 is 0 Å². The van der Waals surface area contributed by atoms with Crippen LogP contribution in [0.5, 0.6) is 0 Å². The molecule has 0 bridgehead atoms. The molecule has 5 nitrogen and oxygen atoms in total. The number of pyridine rings is 1. The molecule has 1 aromatic rings. The van der Waals surface area contributed by atoms with Crippen molar-refractivity contribution < 1.29 is 9.90 Å². The van der Waals surface area contributed by atoms with Crippen LogP contribution in [0.1, 0.15) is 36.3 Å². The molecule has 0 saturated heterocycles. The van der Waals surface area contributed by atoms with E-state index in [1.54, 1.807) is 13.0 Å². The molecule has 0 aliphatic carbocycles. The number of aromatic nitrogens is 1. The monoisotopic (exact) mass is 252 g/mol. The summed E-state index contributed by atoms with van der Waals surface area (Å²) in [5.41, 5.74) is 0.653. The molecular formula is C13H20N2O3. The number of rotatable bonds is 5. The number of aryl methyl sites for hydroxylation is 1. The number of carbonyl (C=O) groups is 1. The summed E-state index contributed by atoms with van der Waals surface area (Å²) in [5.74, 6) is 0.0484. The third-order valence-corrected chi connectivity index (χ3v) is 2.55. The standard InChI is InChI=1S/C13H20N2O3/c1-8(2)4-11(7-16)15-13(18)10-5-9(3)14-12(17)6-10/h5-6,8,11,16H,4,7H2,1-3H3,(H,14,17)(H,15,18). The third-order valence-electron chi connectivity index (χ3n) is 2.55. The average Bonchev–Trinajstić information content (AvgIpc) is 2.26. The van der Waals surface area contributed by atoms with Crippen LogP contribution in [0.4, 0.5) is 0 Å². The summed E-state index contributed by atoms with van der Waals surface area (Å²) < 4.78 is 0. The number of amides is 1. The molecule has 3 N–H and O–H groups in total. The lowest BCUT2D eigenvalue weighted by Gasteiger charge is -2.18. The molecule has 0 spiro atoms. The molecule has 1 amide bonds.